The third-order valence-corrected chi connectivity index (χ3v) is 5.40. The molecule has 0 bridgehead atoms. The van der Waals surface area contributed by atoms with E-state index in [2.05, 4.69) is 20.5 Å². The molecule has 2 N–H and O–H groups in total. The second-order valence-corrected chi connectivity index (χ2v) is 7.52. The molecule has 0 radical (unpaired) electrons. The number of H-pyrrole nitrogens is 1. The van der Waals surface area contributed by atoms with Gasteiger partial charge in [-0.3, -0.25) is 9.89 Å². The van der Waals surface area contributed by atoms with Gasteiger partial charge in [0, 0.05) is 12.1 Å². The summed E-state index contributed by atoms with van der Waals surface area (Å²) >= 11 is 0. The summed E-state index contributed by atoms with van der Waals surface area (Å²) in [5, 5.41) is 9.03. The Kier molecular flexibility index (Phi) is 5.08. The quantitative estimate of drug-likeness (QED) is 0.641. The molecular formula is C17H15FN4O3S. The predicted molar refractivity (Wildman–Crippen MR) is 92.6 cm³/mol. The zero-order valence-corrected chi connectivity index (χ0v) is 14.3. The molecule has 7 nitrogen and oxygen atoms in total. The van der Waals surface area contributed by atoms with Gasteiger partial charge in [0.25, 0.3) is 5.91 Å². The monoisotopic (exact) mass is 374 g/mol. The Balaban J connectivity index is 1.68. The summed E-state index contributed by atoms with van der Waals surface area (Å²) < 4.78 is 37.3. The molecule has 0 saturated heterocycles. The van der Waals surface area contributed by atoms with Crippen molar-refractivity contribution in [1.82, 2.24) is 20.5 Å². The largest absolute Gasteiger partial charge is 0.351 e. The summed E-state index contributed by atoms with van der Waals surface area (Å²) in [6, 6.07) is 11.3. The Hall–Kier alpha value is -3.07. The van der Waals surface area contributed by atoms with Crippen LogP contribution in [0.15, 0.2) is 59.8 Å². The first-order valence-corrected chi connectivity index (χ1v) is 9.34. The van der Waals surface area contributed by atoms with Crippen LogP contribution in [0, 0.1) is 5.82 Å². The number of halogens is 1. The van der Waals surface area contributed by atoms with E-state index in [9.17, 15) is 17.6 Å². The maximum absolute atomic E-state index is 12.9. The molecule has 0 fully saturated rings. The number of aromatic nitrogens is 3. The van der Waals surface area contributed by atoms with Crippen molar-refractivity contribution in [1.29, 1.82) is 0 Å². The fourth-order valence-electron chi connectivity index (χ4n) is 2.38. The predicted octanol–water partition coefficient (Wildman–Crippen LogP) is 1.81. The highest BCUT2D eigenvalue weighted by Crippen LogP contribution is 2.19. The van der Waals surface area contributed by atoms with Crippen LogP contribution in [0.25, 0.3) is 11.4 Å². The van der Waals surface area contributed by atoms with Gasteiger partial charge in [0.05, 0.1) is 16.2 Å². The average molecular weight is 374 g/mol. The minimum absolute atomic E-state index is 0.00945. The van der Waals surface area contributed by atoms with E-state index < -0.39 is 21.6 Å². The van der Waals surface area contributed by atoms with Crippen molar-refractivity contribution in [2.75, 3.05) is 12.3 Å². The van der Waals surface area contributed by atoms with Crippen LogP contribution in [-0.4, -0.2) is 41.8 Å². The van der Waals surface area contributed by atoms with Crippen LogP contribution in [0.3, 0.4) is 0 Å². The van der Waals surface area contributed by atoms with Crippen molar-refractivity contribution < 1.29 is 17.6 Å². The summed E-state index contributed by atoms with van der Waals surface area (Å²) in [4.78, 5) is 16.4. The van der Waals surface area contributed by atoms with Gasteiger partial charge in [0.1, 0.15) is 12.1 Å². The van der Waals surface area contributed by atoms with Gasteiger partial charge in [-0.25, -0.2) is 17.8 Å². The summed E-state index contributed by atoms with van der Waals surface area (Å²) in [7, 11) is -3.62. The number of amides is 1. The van der Waals surface area contributed by atoms with Gasteiger partial charge < -0.3 is 5.32 Å². The third kappa shape index (κ3) is 3.94. The van der Waals surface area contributed by atoms with Gasteiger partial charge in [0.15, 0.2) is 15.7 Å². The van der Waals surface area contributed by atoms with Gasteiger partial charge in [-0.15, -0.1) is 0 Å². The van der Waals surface area contributed by atoms with Gasteiger partial charge in [-0.2, -0.15) is 5.10 Å². The van der Waals surface area contributed by atoms with Crippen molar-refractivity contribution in [2.24, 2.45) is 0 Å². The second kappa shape index (κ2) is 7.44. The SMILES string of the molecule is O=C(NCCS(=O)(=O)c1ccc(F)cc1)c1ccccc1-c1ncn[nH]1. The fourth-order valence-corrected chi connectivity index (χ4v) is 3.53. The van der Waals surface area contributed by atoms with Gasteiger partial charge in [-0.1, -0.05) is 18.2 Å². The van der Waals surface area contributed by atoms with Crippen molar-refractivity contribution >= 4 is 15.7 Å². The zero-order chi connectivity index (χ0) is 18.6. The number of benzene rings is 2. The van der Waals surface area contributed by atoms with Gasteiger partial charge in [0.2, 0.25) is 0 Å². The van der Waals surface area contributed by atoms with Crippen LogP contribution < -0.4 is 5.32 Å². The third-order valence-electron chi connectivity index (χ3n) is 3.67. The van der Waals surface area contributed by atoms with E-state index in [0.717, 1.165) is 12.1 Å². The lowest BCUT2D eigenvalue weighted by Crippen LogP contribution is -2.29. The topological polar surface area (TPSA) is 105 Å². The highest BCUT2D eigenvalue weighted by molar-refractivity contribution is 7.91. The lowest BCUT2D eigenvalue weighted by molar-refractivity contribution is 0.0956. The Labute approximate surface area is 149 Å². The first-order chi connectivity index (χ1) is 12.5. The molecule has 0 aliphatic heterocycles. The standard InChI is InChI=1S/C17H15FN4O3S/c18-12-5-7-13(8-6-12)26(24,25)10-9-19-17(23)15-4-2-1-3-14(15)16-20-11-21-22-16/h1-8,11H,9-10H2,(H,19,23)(H,20,21,22). The lowest BCUT2D eigenvalue weighted by atomic mass is 10.1. The summed E-state index contributed by atoms with van der Waals surface area (Å²) in [6.07, 6.45) is 1.33. The molecule has 0 aliphatic carbocycles. The molecule has 9 heteroatoms. The lowest BCUT2D eigenvalue weighted by Gasteiger charge is -2.09. The number of hydrogen-bond acceptors (Lipinski definition) is 5. The maximum atomic E-state index is 12.9. The van der Waals surface area contributed by atoms with E-state index in [1.165, 1.54) is 18.5 Å². The molecule has 134 valence electrons. The number of hydrogen-bond donors (Lipinski definition) is 2. The molecule has 1 amide bonds. The Morgan fingerprint density at radius 2 is 1.85 bits per heavy atom. The van der Waals surface area contributed by atoms with E-state index >= 15 is 0 Å². The normalized spacial score (nSPS) is 11.3. The minimum Gasteiger partial charge on any atom is -0.351 e. The van der Waals surface area contributed by atoms with Gasteiger partial charge >= 0.3 is 0 Å². The average Bonchev–Trinajstić information content (AvgIpc) is 3.16. The number of nitrogens with one attached hydrogen (secondary N) is 2. The summed E-state index contributed by atoms with van der Waals surface area (Å²) in [5.41, 5.74) is 0.910. The molecule has 1 aromatic heterocycles. The van der Waals surface area contributed by atoms with E-state index in [-0.39, 0.29) is 17.2 Å². The number of carbonyl (C=O) groups excluding carboxylic acids is 1. The first-order valence-electron chi connectivity index (χ1n) is 7.69. The zero-order valence-electron chi connectivity index (χ0n) is 13.5. The van der Waals surface area contributed by atoms with Crippen LogP contribution in [0.1, 0.15) is 10.4 Å². The molecule has 0 aliphatic rings. The van der Waals surface area contributed by atoms with Crippen LogP contribution in [0.5, 0.6) is 0 Å². The molecule has 3 aromatic rings. The van der Waals surface area contributed by atoms with E-state index in [4.69, 9.17) is 0 Å². The minimum atomic E-state index is -3.62. The highest BCUT2D eigenvalue weighted by atomic mass is 32.2. The van der Waals surface area contributed by atoms with Crippen LogP contribution in [-0.2, 0) is 9.84 Å². The molecule has 1 heterocycles. The molecule has 2 aromatic carbocycles. The summed E-state index contributed by atoms with van der Waals surface area (Å²) in [6.45, 7) is -0.0801. The summed E-state index contributed by atoms with van der Waals surface area (Å²) in [5.74, 6) is -0.795. The van der Waals surface area contributed by atoms with E-state index in [0.29, 0.717) is 17.0 Å². The Bertz CT molecular complexity index is 1000. The molecular weight excluding hydrogens is 359 g/mol. The van der Waals surface area contributed by atoms with Crippen LogP contribution in [0.4, 0.5) is 4.39 Å². The molecule has 26 heavy (non-hydrogen) atoms. The number of rotatable bonds is 6. The van der Waals surface area contributed by atoms with Crippen LogP contribution in [0.2, 0.25) is 0 Å². The van der Waals surface area contributed by atoms with E-state index in [1.54, 1.807) is 24.3 Å². The van der Waals surface area contributed by atoms with Crippen molar-refractivity contribution in [3.05, 3.63) is 66.2 Å². The molecule has 0 spiro atoms. The Morgan fingerprint density at radius 1 is 1.12 bits per heavy atom. The smallest absolute Gasteiger partial charge is 0.252 e. The maximum Gasteiger partial charge on any atom is 0.252 e. The van der Waals surface area contributed by atoms with Gasteiger partial charge in [-0.05, 0) is 30.3 Å². The number of carbonyl (C=O) groups is 1. The molecule has 3 rings (SSSR count). The highest BCUT2D eigenvalue weighted by Gasteiger charge is 2.17. The van der Waals surface area contributed by atoms with Crippen molar-refractivity contribution in [2.45, 2.75) is 4.90 Å². The second-order valence-electron chi connectivity index (χ2n) is 5.41. The molecule has 0 saturated carbocycles. The first kappa shape index (κ1) is 17.7. The Morgan fingerprint density at radius 3 is 2.54 bits per heavy atom. The fraction of sp³-hybridized carbons (Fsp3) is 0.118. The molecule has 0 atom stereocenters. The van der Waals surface area contributed by atoms with Crippen molar-refractivity contribution in [3.8, 4) is 11.4 Å². The number of sulfone groups is 1. The van der Waals surface area contributed by atoms with E-state index in [1.807, 2.05) is 0 Å². The number of nitrogens with zero attached hydrogens (tertiary/aromatic N) is 2. The van der Waals surface area contributed by atoms with Crippen molar-refractivity contribution in [3.63, 3.8) is 0 Å². The number of aromatic amines is 1. The molecule has 0 unspecified atom stereocenters. The van der Waals surface area contributed by atoms with Crippen LogP contribution >= 0.6 is 0 Å².